The molecule has 108 valence electrons. The molecule has 1 atom stereocenters. The van der Waals surface area contributed by atoms with Crippen LogP contribution in [0.3, 0.4) is 0 Å². The smallest absolute Gasteiger partial charge is 0.173 e. The molecule has 0 fully saturated rings. The van der Waals surface area contributed by atoms with Gasteiger partial charge in [0.05, 0.1) is 9.48 Å². The van der Waals surface area contributed by atoms with E-state index in [0.29, 0.717) is 12.0 Å². The number of thiazole rings is 1. The number of halogens is 3. The topological polar surface area (TPSA) is 24.9 Å². The van der Waals surface area contributed by atoms with E-state index >= 15 is 0 Å². The summed E-state index contributed by atoms with van der Waals surface area (Å²) in [6.45, 7) is 2.87. The van der Waals surface area contributed by atoms with E-state index in [1.807, 2.05) is 5.38 Å². The molecule has 0 saturated heterocycles. The van der Waals surface area contributed by atoms with Gasteiger partial charge in [0.1, 0.15) is 0 Å². The number of benzene rings is 1. The number of hydrogen-bond donors (Lipinski definition) is 1. The summed E-state index contributed by atoms with van der Waals surface area (Å²) < 4.78 is 27.1. The third kappa shape index (κ3) is 3.62. The first-order valence-corrected chi connectivity index (χ1v) is 8.06. The van der Waals surface area contributed by atoms with Crippen LogP contribution in [0.2, 0.25) is 0 Å². The Labute approximate surface area is 129 Å². The molecule has 20 heavy (non-hydrogen) atoms. The van der Waals surface area contributed by atoms with E-state index in [0.717, 1.165) is 24.0 Å². The van der Waals surface area contributed by atoms with Crippen LogP contribution in [-0.4, -0.2) is 11.5 Å². The molecule has 1 N–H and O–H groups in total. The lowest BCUT2D eigenvalue weighted by molar-refractivity contribution is 0.487. The maximum Gasteiger partial charge on any atom is 0.173 e. The molecular formula is C14H15BrF2N2S. The molecule has 0 spiro atoms. The van der Waals surface area contributed by atoms with Crippen molar-refractivity contribution in [2.45, 2.75) is 25.8 Å². The van der Waals surface area contributed by atoms with Gasteiger partial charge in [0.2, 0.25) is 0 Å². The molecule has 1 heterocycles. The van der Waals surface area contributed by atoms with E-state index in [-0.39, 0.29) is 10.5 Å². The van der Waals surface area contributed by atoms with Crippen LogP contribution in [0.1, 0.15) is 30.0 Å². The first-order chi connectivity index (χ1) is 9.63. The van der Waals surface area contributed by atoms with E-state index in [1.54, 1.807) is 23.6 Å². The van der Waals surface area contributed by atoms with Crippen molar-refractivity contribution in [2.24, 2.45) is 0 Å². The van der Waals surface area contributed by atoms with Gasteiger partial charge in [-0.05, 0) is 40.5 Å². The number of nitrogens with one attached hydrogen (secondary N) is 1. The standard InChI is InChI=1S/C14H15BrF2N2S/c1-2-5-18-11(8-12-19-6-7-20-12)9-3-4-10(16)14(17)13(9)15/h3-4,6-7,11,18H,2,5,8H2,1H3. The van der Waals surface area contributed by atoms with Crippen molar-refractivity contribution < 1.29 is 8.78 Å². The molecule has 0 bridgehead atoms. The molecule has 2 aromatic rings. The maximum absolute atomic E-state index is 13.7. The molecule has 1 unspecified atom stereocenters. The Hall–Kier alpha value is -0.850. The first kappa shape index (κ1) is 15.5. The van der Waals surface area contributed by atoms with E-state index < -0.39 is 11.6 Å². The summed E-state index contributed by atoms with van der Waals surface area (Å²) in [5, 5.41) is 6.24. The molecule has 0 aliphatic rings. The fraction of sp³-hybridized carbons (Fsp3) is 0.357. The maximum atomic E-state index is 13.7. The van der Waals surface area contributed by atoms with Crippen LogP contribution >= 0.6 is 27.3 Å². The lowest BCUT2D eigenvalue weighted by Gasteiger charge is -2.19. The van der Waals surface area contributed by atoms with E-state index in [4.69, 9.17) is 0 Å². The number of nitrogens with zero attached hydrogens (tertiary/aromatic N) is 1. The molecule has 0 aliphatic heterocycles. The van der Waals surface area contributed by atoms with Gasteiger partial charge >= 0.3 is 0 Å². The fourth-order valence-corrected chi connectivity index (χ4v) is 3.21. The number of hydrogen-bond acceptors (Lipinski definition) is 3. The lowest BCUT2D eigenvalue weighted by Crippen LogP contribution is -2.24. The van der Waals surface area contributed by atoms with E-state index in [9.17, 15) is 8.78 Å². The molecular weight excluding hydrogens is 346 g/mol. The van der Waals surface area contributed by atoms with Gasteiger partial charge in [0, 0.05) is 24.0 Å². The highest BCUT2D eigenvalue weighted by atomic mass is 79.9. The summed E-state index contributed by atoms with van der Waals surface area (Å²) in [5.41, 5.74) is 0.715. The summed E-state index contributed by atoms with van der Waals surface area (Å²) in [6, 6.07) is 2.69. The zero-order chi connectivity index (χ0) is 14.5. The SMILES string of the molecule is CCCNC(Cc1nccs1)c1ccc(F)c(F)c1Br. The van der Waals surface area contributed by atoms with Crippen molar-refractivity contribution >= 4 is 27.3 Å². The van der Waals surface area contributed by atoms with E-state index in [1.165, 1.54) is 0 Å². The molecule has 2 nitrogen and oxygen atoms in total. The van der Waals surface area contributed by atoms with Gasteiger partial charge in [0.25, 0.3) is 0 Å². The predicted molar refractivity (Wildman–Crippen MR) is 80.9 cm³/mol. The molecule has 1 aromatic heterocycles. The number of aromatic nitrogens is 1. The third-order valence-corrected chi connectivity index (χ3v) is 4.55. The average Bonchev–Trinajstić information content (AvgIpc) is 2.94. The van der Waals surface area contributed by atoms with Crippen LogP contribution < -0.4 is 5.32 Å². The van der Waals surface area contributed by atoms with Crippen LogP contribution in [0.5, 0.6) is 0 Å². The van der Waals surface area contributed by atoms with Gasteiger partial charge < -0.3 is 5.32 Å². The summed E-state index contributed by atoms with van der Waals surface area (Å²) >= 11 is 4.71. The van der Waals surface area contributed by atoms with Crippen molar-refractivity contribution in [1.29, 1.82) is 0 Å². The minimum absolute atomic E-state index is 0.0921. The highest BCUT2D eigenvalue weighted by Gasteiger charge is 2.19. The van der Waals surface area contributed by atoms with Gasteiger partial charge in [0.15, 0.2) is 11.6 Å². The van der Waals surface area contributed by atoms with Crippen molar-refractivity contribution in [3.8, 4) is 0 Å². The Morgan fingerprint density at radius 3 is 2.85 bits per heavy atom. The molecule has 2 rings (SSSR count). The van der Waals surface area contributed by atoms with Crippen LogP contribution in [0.15, 0.2) is 28.2 Å². The Balaban J connectivity index is 2.28. The zero-order valence-corrected chi connectivity index (χ0v) is 13.4. The molecule has 0 radical (unpaired) electrons. The molecule has 1 aromatic carbocycles. The lowest BCUT2D eigenvalue weighted by atomic mass is 10.0. The van der Waals surface area contributed by atoms with Crippen LogP contribution in [0.4, 0.5) is 8.78 Å². The highest BCUT2D eigenvalue weighted by Crippen LogP contribution is 2.30. The second-order valence-electron chi connectivity index (χ2n) is 4.40. The minimum Gasteiger partial charge on any atom is -0.310 e. The fourth-order valence-electron chi connectivity index (χ4n) is 1.95. The highest BCUT2D eigenvalue weighted by molar-refractivity contribution is 9.10. The molecule has 6 heteroatoms. The van der Waals surface area contributed by atoms with Gasteiger partial charge in [-0.2, -0.15) is 0 Å². The van der Waals surface area contributed by atoms with Crippen molar-refractivity contribution in [3.05, 3.63) is 50.4 Å². The summed E-state index contributed by atoms with van der Waals surface area (Å²) in [7, 11) is 0. The van der Waals surface area contributed by atoms with Crippen LogP contribution in [0.25, 0.3) is 0 Å². The second kappa shape index (κ2) is 7.24. The zero-order valence-electron chi connectivity index (χ0n) is 11.0. The summed E-state index contributed by atoms with van der Waals surface area (Å²) in [4.78, 5) is 4.25. The Bertz CT molecular complexity index is 561. The van der Waals surface area contributed by atoms with E-state index in [2.05, 4.69) is 33.2 Å². The van der Waals surface area contributed by atoms with Gasteiger partial charge in [-0.15, -0.1) is 11.3 Å². The number of rotatable bonds is 6. The van der Waals surface area contributed by atoms with Crippen molar-refractivity contribution in [3.63, 3.8) is 0 Å². The molecule has 0 saturated carbocycles. The van der Waals surface area contributed by atoms with Crippen LogP contribution in [0, 0.1) is 11.6 Å². The minimum atomic E-state index is -0.843. The normalized spacial score (nSPS) is 12.6. The predicted octanol–water partition coefficient (Wildman–Crippen LogP) is 4.47. The Kier molecular flexibility index (Phi) is 5.63. The average molecular weight is 361 g/mol. The molecule has 0 amide bonds. The Morgan fingerprint density at radius 1 is 1.40 bits per heavy atom. The summed E-state index contributed by atoms with van der Waals surface area (Å²) in [6.07, 6.45) is 3.37. The third-order valence-electron chi connectivity index (χ3n) is 2.94. The van der Waals surface area contributed by atoms with Crippen molar-refractivity contribution in [2.75, 3.05) is 6.54 Å². The first-order valence-electron chi connectivity index (χ1n) is 6.38. The van der Waals surface area contributed by atoms with Gasteiger partial charge in [-0.25, -0.2) is 13.8 Å². The second-order valence-corrected chi connectivity index (χ2v) is 6.17. The quantitative estimate of drug-likeness (QED) is 0.768. The largest absolute Gasteiger partial charge is 0.310 e. The van der Waals surface area contributed by atoms with Gasteiger partial charge in [-0.1, -0.05) is 13.0 Å². The van der Waals surface area contributed by atoms with Crippen molar-refractivity contribution in [1.82, 2.24) is 10.3 Å². The monoisotopic (exact) mass is 360 g/mol. The van der Waals surface area contributed by atoms with Gasteiger partial charge in [-0.3, -0.25) is 0 Å². The Morgan fingerprint density at radius 2 is 2.20 bits per heavy atom. The summed E-state index contributed by atoms with van der Waals surface area (Å²) in [5.74, 6) is -1.69. The van der Waals surface area contributed by atoms with Crippen LogP contribution in [-0.2, 0) is 6.42 Å². The molecule has 0 aliphatic carbocycles.